The summed E-state index contributed by atoms with van der Waals surface area (Å²) in [7, 11) is 0. The van der Waals surface area contributed by atoms with Gasteiger partial charge in [-0.25, -0.2) is 0 Å². The molecule has 0 rings (SSSR count). The zero-order chi connectivity index (χ0) is 7.15. The number of rotatable bonds is 0. The van der Waals surface area contributed by atoms with E-state index in [4.69, 9.17) is 26.6 Å². The average Bonchev–Trinajstić information content (AvgIpc) is 1.25. The fraction of sp³-hybridized carbons (Fsp3) is 0. The van der Waals surface area contributed by atoms with E-state index in [1.807, 2.05) is 0 Å². The van der Waals surface area contributed by atoms with Crippen LogP contribution in [0.5, 0.6) is 0 Å². The Bertz CT molecular complexity index is 84.6. The summed E-state index contributed by atoms with van der Waals surface area (Å²) in [5.41, 5.74) is 0. The minimum absolute atomic E-state index is 0. The minimum Gasteiger partial charge on any atom is -1.00 e. The van der Waals surface area contributed by atoms with Crippen LogP contribution in [-0.2, 0) is 22.7 Å². The molecule has 17 heavy (non-hydrogen) atoms. The van der Waals surface area contributed by atoms with Crippen molar-refractivity contribution in [2.24, 2.45) is 0 Å². The van der Waals surface area contributed by atoms with Gasteiger partial charge in [0.2, 0.25) is 0 Å². The van der Waals surface area contributed by atoms with E-state index in [2.05, 4.69) is 0 Å². The fourth-order valence-electron chi connectivity index (χ4n) is 0. The van der Waals surface area contributed by atoms with Gasteiger partial charge in [0.1, 0.15) is 0 Å². The van der Waals surface area contributed by atoms with E-state index in [1.165, 1.54) is 0 Å². The Morgan fingerprint density at radius 2 is 0.529 bits per heavy atom. The quantitative estimate of drug-likeness (QED) is 0.245. The van der Waals surface area contributed by atoms with Crippen LogP contribution in [-0.4, -0.2) is 65.0 Å². The Balaban J connectivity index is -0.00000000218. The van der Waals surface area contributed by atoms with E-state index >= 15 is 0 Å². The molecule has 0 bridgehead atoms. The molecule has 0 atom stereocenters. The van der Waals surface area contributed by atoms with Crippen LogP contribution in [0.4, 0.5) is 0 Å². The summed E-state index contributed by atoms with van der Waals surface area (Å²) < 4.78 is 45.7. The van der Waals surface area contributed by atoms with Crippen molar-refractivity contribution in [1.29, 1.82) is 0 Å². The van der Waals surface area contributed by atoms with Gasteiger partial charge < -0.3 is 41.2 Å². The Labute approximate surface area is 148 Å². The second-order valence-corrected chi connectivity index (χ2v) is 1.38. The standard InChI is InChI=1S/2Na.2H2O3S.7H2O.2H/c;;2*1-4(2)3;;;;;;;;;/h;;2*(H2,1,2,3);7*1H2;;/q2*+1;;;;;;;;;;2*-1. The zero-order valence-electron chi connectivity index (χ0n) is 10.9. The molecule has 112 valence electrons. The van der Waals surface area contributed by atoms with E-state index in [0.29, 0.717) is 0 Å². The summed E-state index contributed by atoms with van der Waals surface area (Å²) in [5.74, 6) is 0. The summed E-state index contributed by atoms with van der Waals surface area (Å²) >= 11 is -5.22. The van der Waals surface area contributed by atoms with Crippen LogP contribution in [0.15, 0.2) is 0 Å². The van der Waals surface area contributed by atoms with Gasteiger partial charge in [0.05, 0.1) is 0 Å². The van der Waals surface area contributed by atoms with Crippen LogP contribution in [0.1, 0.15) is 2.85 Å². The van der Waals surface area contributed by atoms with Gasteiger partial charge in [-0.1, -0.05) is 0 Å². The topological polar surface area (TPSA) is 336 Å². The van der Waals surface area contributed by atoms with Crippen molar-refractivity contribution in [2.45, 2.75) is 0 Å². The molecule has 0 aromatic rings. The summed E-state index contributed by atoms with van der Waals surface area (Å²) in [6.07, 6.45) is 0. The van der Waals surface area contributed by atoms with Crippen molar-refractivity contribution in [2.75, 3.05) is 0 Å². The van der Waals surface area contributed by atoms with E-state index in [-0.39, 0.29) is 100 Å². The Kier molecular flexibility index (Phi) is 471. The monoisotopic (exact) mass is 338 g/mol. The molecule has 0 unspecified atom stereocenters. The van der Waals surface area contributed by atoms with Crippen LogP contribution >= 0.6 is 0 Å². The van der Waals surface area contributed by atoms with E-state index < -0.39 is 22.7 Å². The molecule has 0 aromatic heterocycles. The van der Waals surface area contributed by atoms with Gasteiger partial charge in [-0.3, -0.25) is 18.2 Å². The molecule has 18 N–H and O–H groups in total. The predicted octanol–water partition coefficient (Wildman–Crippen LogP) is -12.2. The zero-order valence-corrected chi connectivity index (χ0v) is 14.6. The maximum Gasteiger partial charge on any atom is 1.00 e. The molecular formula is H20Na2O13S2. The van der Waals surface area contributed by atoms with Crippen LogP contribution in [0.25, 0.3) is 0 Å². The minimum atomic E-state index is -2.61. The van der Waals surface area contributed by atoms with Crippen molar-refractivity contribution in [1.82, 2.24) is 0 Å². The van der Waals surface area contributed by atoms with Crippen molar-refractivity contribution in [3.63, 3.8) is 0 Å². The second kappa shape index (κ2) is 82.2. The third kappa shape index (κ3) is 1300. The first-order valence-corrected chi connectivity index (χ1v) is 3.19. The van der Waals surface area contributed by atoms with Gasteiger partial charge in [0.15, 0.2) is 0 Å². The largest absolute Gasteiger partial charge is 1.00 e. The molecule has 0 aliphatic rings. The molecule has 0 spiro atoms. The maximum atomic E-state index is 8.67. The molecule has 13 nitrogen and oxygen atoms in total. The van der Waals surface area contributed by atoms with Gasteiger partial charge in [-0.15, -0.1) is 0 Å². The first-order valence-electron chi connectivity index (χ1n) is 1.06. The van der Waals surface area contributed by atoms with Gasteiger partial charge in [0, 0.05) is 0 Å². The third-order valence-electron chi connectivity index (χ3n) is 0. The first-order chi connectivity index (χ1) is 3.46. The molecule has 0 radical (unpaired) electrons. The molecule has 0 saturated carbocycles. The molecule has 17 heteroatoms. The van der Waals surface area contributed by atoms with Crippen LogP contribution < -0.4 is 59.1 Å². The molecule has 0 saturated heterocycles. The van der Waals surface area contributed by atoms with E-state index in [9.17, 15) is 0 Å². The van der Waals surface area contributed by atoms with Crippen LogP contribution in [0.3, 0.4) is 0 Å². The summed E-state index contributed by atoms with van der Waals surface area (Å²) in [6, 6.07) is 0. The van der Waals surface area contributed by atoms with Gasteiger partial charge in [-0.2, -0.15) is 8.42 Å². The predicted molar refractivity (Wildman–Crippen MR) is 54.3 cm³/mol. The molecular weight excluding hydrogens is 318 g/mol. The van der Waals surface area contributed by atoms with Gasteiger partial charge in [0.25, 0.3) is 22.7 Å². The summed E-state index contributed by atoms with van der Waals surface area (Å²) in [4.78, 5) is 0. The van der Waals surface area contributed by atoms with Crippen LogP contribution in [0.2, 0.25) is 0 Å². The third-order valence-corrected chi connectivity index (χ3v) is 0. The molecule has 0 fully saturated rings. The Morgan fingerprint density at radius 3 is 0.529 bits per heavy atom. The normalized spacial score (nSPS) is 4.12. The van der Waals surface area contributed by atoms with Crippen molar-refractivity contribution in [3.8, 4) is 0 Å². The molecule has 0 aromatic carbocycles. The van der Waals surface area contributed by atoms with Crippen molar-refractivity contribution >= 4 is 22.7 Å². The Morgan fingerprint density at radius 1 is 0.529 bits per heavy atom. The van der Waals surface area contributed by atoms with Crippen molar-refractivity contribution in [3.05, 3.63) is 0 Å². The second-order valence-electron chi connectivity index (χ2n) is 0.461. The molecule has 0 aliphatic heterocycles. The van der Waals surface area contributed by atoms with Gasteiger partial charge in [-0.05, 0) is 0 Å². The maximum absolute atomic E-state index is 8.67. The SMILES string of the molecule is O.O.O.O.O.O.O.O=S(O)O.O=S(O)O.[H-].[H-].[Na+].[Na+]. The van der Waals surface area contributed by atoms with Crippen molar-refractivity contribution < 1.29 is 127 Å². The fourth-order valence-corrected chi connectivity index (χ4v) is 0. The van der Waals surface area contributed by atoms with E-state index in [1.54, 1.807) is 0 Å². The van der Waals surface area contributed by atoms with E-state index in [0.717, 1.165) is 0 Å². The molecule has 0 amide bonds. The first kappa shape index (κ1) is 97.4. The number of hydrogen-bond donors (Lipinski definition) is 4. The smallest absolute Gasteiger partial charge is 1.00 e. The molecule has 0 heterocycles. The number of hydrogen-bond acceptors (Lipinski definition) is 2. The average molecular weight is 338 g/mol. The summed E-state index contributed by atoms with van der Waals surface area (Å²) in [5, 5.41) is 0. The van der Waals surface area contributed by atoms with Gasteiger partial charge >= 0.3 is 59.1 Å². The van der Waals surface area contributed by atoms with Crippen LogP contribution in [0, 0.1) is 0 Å². The molecule has 0 aliphatic carbocycles. The summed E-state index contributed by atoms with van der Waals surface area (Å²) in [6.45, 7) is 0. The Hall–Kier alpha value is 1.86.